The van der Waals surface area contributed by atoms with Crippen molar-refractivity contribution in [2.75, 3.05) is 0 Å². The normalized spacial score (nSPS) is 29.3. The highest BCUT2D eigenvalue weighted by atomic mass is 32.2. The maximum Gasteiger partial charge on any atom is 0.326 e. The monoisotopic (exact) mass is 117 g/mol. The van der Waals surface area contributed by atoms with Crippen LogP contribution in [0.1, 0.15) is 0 Å². The van der Waals surface area contributed by atoms with E-state index in [0.717, 1.165) is 11.8 Å². The quantitative estimate of drug-likeness (QED) is 0.503. The summed E-state index contributed by atoms with van der Waals surface area (Å²) >= 11 is 0.926. The van der Waals surface area contributed by atoms with Crippen LogP contribution in [0.2, 0.25) is 0 Å². The van der Waals surface area contributed by atoms with Crippen molar-refractivity contribution in [2.24, 2.45) is 16.0 Å². The third-order valence-corrected chi connectivity index (χ3v) is 1.09. The lowest BCUT2D eigenvalue weighted by Gasteiger charge is -1.84. The van der Waals surface area contributed by atoms with E-state index in [0.29, 0.717) is 0 Å². The second-order valence-corrected chi connectivity index (χ2v) is 2.06. The summed E-state index contributed by atoms with van der Waals surface area (Å²) in [5.41, 5.74) is 4.66. The molecule has 0 aromatic rings. The van der Waals surface area contributed by atoms with E-state index >= 15 is 0 Å². The van der Waals surface area contributed by atoms with Gasteiger partial charge in [-0.25, -0.2) is 0 Å². The van der Waals surface area contributed by atoms with E-state index in [-0.39, 0.29) is 5.24 Å². The van der Waals surface area contributed by atoms with Gasteiger partial charge in [-0.1, -0.05) is 0 Å². The van der Waals surface area contributed by atoms with Gasteiger partial charge in [0.2, 0.25) is 0 Å². The van der Waals surface area contributed by atoms with E-state index < -0.39 is 5.50 Å². The number of carbonyl (C=O) groups excluding carboxylic acids is 1. The summed E-state index contributed by atoms with van der Waals surface area (Å²) < 4.78 is 0. The molecular formula is C2H3N3OS. The molecule has 2 N–H and O–H groups in total. The summed E-state index contributed by atoms with van der Waals surface area (Å²) in [7, 11) is 0. The number of hydrogen-bond donors (Lipinski definition) is 1. The average molecular weight is 117 g/mol. The van der Waals surface area contributed by atoms with Crippen LogP contribution in [-0.2, 0) is 0 Å². The minimum atomic E-state index is -0.451. The molecule has 1 unspecified atom stereocenters. The van der Waals surface area contributed by atoms with Crippen molar-refractivity contribution in [1.29, 1.82) is 0 Å². The van der Waals surface area contributed by atoms with Gasteiger partial charge in [0.15, 0.2) is 5.50 Å². The minimum Gasteiger partial charge on any atom is -0.299 e. The van der Waals surface area contributed by atoms with Crippen molar-refractivity contribution in [3.63, 3.8) is 0 Å². The Morgan fingerprint density at radius 3 is 2.71 bits per heavy atom. The van der Waals surface area contributed by atoms with Gasteiger partial charge in [-0.3, -0.25) is 10.5 Å². The van der Waals surface area contributed by atoms with Gasteiger partial charge in [0.1, 0.15) is 0 Å². The highest BCUT2D eigenvalue weighted by molar-refractivity contribution is 8.14. The van der Waals surface area contributed by atoms with Crippen molar-refractivity contribution in [3.05, 3.63) is 0 Å². The number of rotatable bonds is 0. The zero-order valence-electron chi connectivity index (χ0n) is 3.37. The molecule has 1 heterocycles. The van der Waals surface area contributed by atoms with Crippen LogP contribution in [0.15, 0.2) is 10.2 Å². The smallest absolute Gasteiger partial charge is 0.299 e. The molecule has 1 aliphatic heterocycles. The van der Waals surface area contributed by atoms with Crippen LogP contribution in [0.3, 0.4) is 0 Å². The molecule has 38 valence electrons. The lowest BCUT2D eigenvalue weighted by atomic mass is 11.2. The van der Waals surface area contributed by atoms with Gasteiger partial charge in [-0.05, 0) is 11.8 Å². The number of azo groups is 1. The zero-order valence-corrected chi connectivity index (χ0v) is 4.18. The molecule has 7 heavy (non-hydrogen) atoms. The van der Waals surface area contributed by atoms with Crippen LogP contribution < -0.4 is 5.73 Å². The predicted octanol–water partition coefficient (Wildman–Crippen LogP) is 0.548. The molecule has 0 aromatic heterocycles. The van der Waals surface area contributed by atoms with Gasteiger partial charge in [-0.2, -0.15) is 5.11 Å². The molecule has 1 atom stereocenters. The second kappa shape index (κ2) is 1.59. The van der Waals surface area contributed by atoms with Gasteiger partial charge in [0, 0.05) is 0 Å². The van der Waals surface area contributed by atoms with Gasteiger partial charge >= 0.3 is 5.24 Å². The van der Waals surface area contributed by atoms with Crippen molar-refractivity contribution in [1.82, 2.24) is 0 Å². The first-order chi connectivity index (χ1) is 3.29. The fraction of sp³-hybridized carbons (Fsp3) is 0.500. The first kappa shape index (κ1) is 4.73. The number of thioether (sulfide) groups is 1. The molecule has 0 saturated carbocycles. The van der Waals surface area contributed by atoms with Crippen molar-refractivity contribution in [2.45, 2.75) is 5.50 Å². The maximum absolute atomic E-state index is 10.1. The zero-order chi connectivity index (χ0) is 5.28. The fourth-order valence-electron chi connectivity index (χ4n) is 0.254. The summed E-state index contributed by atoms with van der Waals surface area (Å²) in [6, 6.07) is 0. The summed E-state index contributed by atoms with van der Waals surface area (Å²) in [4.78, 5) is 10.1. The number of hydrogen-bond acceptors (Lipinski definition) is 4. The Labute approximate surface area is 44.2 Å². The van der Waals surface area contributed by atoms with Gasteiger partial charge in [0.05, 0.1) is 0 Å². The Morgan fingerprint density at radius 2 is 2.57 bits per heavy atom. The molecule has 0 fully saturated rings. The summed E-state index contributed by atoms with van der Waals surface area (Å²) in [5.74, 6) is 0. The van der Waals surface area contributed by atoms with Crippen LogP contribution in [0, 0.1) is 0 Å². The Morgan fingerprint density at radius 1 is 1.86 bits per heavy atom. The summed E-state index contributed by atoms with van der Waals surface area (Å²) in [6.45, 7) is 0. The molecule has 1 rings (SSSR count). The highest BCUT2D eigenvalue weighted by Gasteiger charge is 2.14. The topological polar surface area (TPSA) is 67.8 Å². The third-order valence-electron chi connectivity index (χ3n) is 0.475. The van der Waals surface area contributed by atoms with Crippen LogP contribution in [0.4, 0.5) is 4.79 Å². The SMILES string of the molecule is NC1N=NC(=O)S1. The first-order valence-corrected chi connectivity index (χ1v) is 2.54. The summed E-state index contributed by atoms with van der Waals surface area (Å²) in [5, 5.41) is 6.18. The lowest BCUT2D eigenvalue weighted by molar-refractivity contribution is 0.267. The van der Waals surface area contributed by atoms with Gasteiger partial charge < -0.3 is 0 Å². The highest BCUT2D eigenvalue weighted by Crippen LogP contribution is 2.17. The molecule has 0 aliphatic carbocycles. The van der Waals surface area contributed by atoms with E-state index in [2.05, 4.69) is 10.2 Å². The van der Waals surface area contributed by atoms with E-state index in [1.807, 2.05) is 0 Å². The van der Waals surface area contributed by atoms with Crippen LogP contribution in [-0.4, -0.2) is 10.7 Å². The van der Waals surface area contributed by atoms with E-state index in [1.165, 1.54) is 0 Å². The standard InChI is InChI=1S/C2H3N3OS/c3-1-4-5-2(6)7-1/h1H,3H2. The minimum absolute atomic E-state index is 0.299. The average Bonchev–Trinajstić information content (AvgIpc) is 1.87. The number of amides is 1. The van der Waals surface area contributed by atoms with E-state index in [4.69, 9.17) is 5.73 Å². The molecular weight excluding hydrogens is 114 g/mol. The van der Waals surface area contributed by atoms with Crippen LogP contribution in [0.5, 0.6) is 0 Å². The molecule has 0 aromatic carbocycles. The molecule has 0 bridgehead atoms. The van der Waals surface area contributed by atoms with Crippen molar-refractivity contribution < 1.29 is 4.79 Å². The Balaban J connectivity index is 2.58. The second-order valence-electron chi connectivity index (χ2n) is 0.990. The molecule has 0 radical (unpaired) electrons. The number of nitrogens with zero attached hydrogens (tertiary/aromatic N) is 2. The number of carbonyl (C=O) groups is 1. The first-order valence-electron chi connectivity index (χ1n) is 1.66. The molecule has 0 spiro atoms. The largest absolute Gasteiger partial charge is 0.326 e. The Kier molecular flexibility index (Phi) is 1.07. The van der Waals surface area contributed by atoms with Crippen LogP contribution in [0.25, 0.3) is 0 Å². The maximum atomic E-state index is 10.1. The lowest BCUT2D eigenvalue weighted by Crippen LogP contribution is -2.07. The third kappa shape index (κ3) is 0.971. The summed E-state index contributed by atoms with van der Waals surface area (Å²) in [6.07, 6.45) is 0. The number of nitrogens with two attached hydrogens (primary N) is 1. The molecule has 1 aliphatic rings. The van der Waals surface area contributed by atoms with E-state index in [1.54, 1.807) is 0 Å². The molecule has 4 nitrogen and oxygen atoms in total. The van der Waals surface area contributed by atoms with Crippen molar-refractivity contribution >= 4 is 17.0 Å². The van der Waals surface area contributed by atoms with Gasteiger partial charge in [-0.15, -0.1) is 5.11 Å². The van der Waals surface area contributed by atoms with Gasteiger partial charge in [0.25, 0.3) is 0 Å². The Hall–Kier alpha value is -0.420. The predicted molar refractivity (Wildman–Crippen MR) is 25.8 cm³/mol. The molecule has 1 amide bonds. The molecule has 5 heteroatoms. The molecule has 0 saturated heterocycles. The van der Waals surface area contributed by atoms with Crippen molar-refractivity contribution in [3.8, 4) is 0 Å². The van der Waals surface area contributed by atoms with E-state index in [9.17, 15) is 4.79 Å². The Bertz CT molecular complexity index is 122. The fourth-order valence-corrected chi connectivity index (χ4v) is 0.650. The van der Waals surface area contributed by atoms with Crippen LogP contribution >= 0.6 is 11.8 Å².